The first-order chi connectivity index (χ1) is 17.1. The molecule has 0 unspecified atom stereocenters. The summed E-state index contributed by atoms with van der Waals surface area (Å²) in [6.45, 7) is 3.14. The average molecular weight is 493 g/mol. The Hall–Kier alpha value is -3.25. The van der Waals surface area contributed by atoms with E-state index in [9.17, 15) is 13.6 Å². The first-order valence-corrected chi connectivity index (χ1v) is 12.9. The third kappa shape index (κ3) is 6.25. The molecule has 0 bridgehead atoms. The second-order valence-electron chi connectivity index (χ2n) is 8.65. The molecule has 3 nitrogen and oxygen atoms in total. The van der Waals surface area contributed by atoms with Gasteiger partial charge in [-0.3, -0.25) is 0 Å². The maximum Gasteiger partial charge on any atom is 0.322 e. The molecular formula is C29H30F2N2OS. The van der Waals surface area contributed by atoms with E-state index in [0.29, 0.717) is 13.1 Å². The van der Waals surface area contributed by atoms with Crippen molar-refractivity contribution in [3.05, 3.63) is 89.3 Å². The van der Waals surface area contributed by atoms with Crippen LogP contribution < -0.4 is 5.32 Å². The van der Waals surface area contributed by atoms with Crippen LogP contribution in [0.3, 0.4) is 0 Å². The first kappa shape index (κ1) is 24.9. The fraction of sp³-hybridized carbons (Fsp3) is 0.276. The summed E-state index contributed by atoms with van der Waals surface area (Å²) in [7, 11) is 0. The number of amides is 2. The van der Waals surface area contributed by atoms with E-state index >= 15 is 0 Å². The Labute approximate surface area is 209 Å². The molecular weight excluding hydrogens is 462 g/mol. The number of nitrogens with zero attached hydrogens (tertiary/aromatic N) is 1. The van der Waals surface area contributed by atoms with Crippen LogP contribution >= 0.6 is 11.3 Å². The molecule has 0 aliphatic rings. The van der Waals surface area contributed by atoms with Gasteiger partial charge in [0, 0.05) is 33.1 Å². The molecule has 0 aliphatic carbocycles. The molecule has 1 aromatic heterocycles. The maximum absolute atomic E-state index is 14.2. The molecule has 4 rings (SSSR count). The molecule has 0 radical (unpaired) electrons. The maximum atomic E-state index is 14.2. The predicted octanol–water partition coefficient (Wildman–Crippen LogP) is 8.85. The summed E-state index contributed by atoms with van der Waals surface area (Å²) in [5.74, 6) is -1.46. The minimum absolute atomic E-state index is 0.0213. The van der Waals surface area contributed by atoms with Crippen LogP contribution in [0.5, 0.6) is 0 Å². The SMILES string of the molecule is CCCCCCCN(Cc1sc2ccccc2c1-c1ccccc1)C(=O)Nc1ccc(F)cc1F. The van der Waals surface area contributed by atoms with Gasteiger partial charge in [0.15, 0.2) is 0 Å². The van der Waals surface area contributed by atoms with Gasteiger partial charge in [0.05, 0.1) is 12.2 Å². The van der Waals surface area contributed by atoms with E-state index in [-0.39, 0.29) is 11.7 Å². The van der Waals surface area contributed by atoms with Crippen LogP contribution in [0.25, 0.3) is 21.2 Å². The van der Waals surface area contributed by atoms with Crippen LogP contribution in [0.4, 0.5) is 19.3 Å². The van der Waals surface area contributed by atoms with E-state index in [0.717, 1.165) is 63.9 Å². The predicted molar refractivity (Wildman–Crippen MR) is 142 cm³/mol. The van der Waals surface area contributed by atoms with Crippen LogP contribution in [0.1, 0.15) is 43.9 Å². The van der Waals surface area contributed by atoms with Crippen molar-refractivity contribution >= 4 is 33.1 Å². The molecule has 3 aromatic carbocycles. The highest BCUT2D eigenvalue weighted by Gasteiger charge is 2.21. The summed E-state index contributed by atoms with van der Waals surface area (Å²) in [5.41, 5.74) is 2.21. The Kier molecular flexibility index (Phi) is 8.48. The quantitative estimate of drug-likeness (QED) is 0.220. The minimum Gasteiger partial charge on any atom is -0.319 e. The first-order valence-electron chi connectivity index (χ1n) is 12.1. The number of rotatable bonds is 10. The molecule has 1 heterocycles. The Morgan fingerprint density at radius 2 is 1.66 bits per heavy atom. The number of benzene rings is 3. The molecule has 0 saturated carbocycles. The molecule has 0 aliphatic heterocycles. The van der Waals surface area contributed by atoms with Crippen LogP contribution in [0.2, 0.25) is 0 Å². The van der Waals surface area contributed by atoms with Gasteiger partial charge in [-0.2, -0.15) is 0 Å². The zero-order valence-electron chi connectivity index (χ0n) is 19.9. The number of unbranched alkanes of at least 4 members (excludes halogenated alkanes) is 4. The highest BCUT2D eigenvalue weighted by Crippen LogP contribution is 2.39. The number of thiophene rings is 1. The van der Waals surface area contributed by atoms with Crippen molar-refractivity contribution in [2.45, 2.75) is 45.6 Å². The highest BCUT2D eigenvalue weighted by atomic mass is 32.1. The van der Waals surface area contributed by atoms with Crippen molar-refractivity contribution in [1.29, 1.82) is 0 Å². The van der Waals surface area contributed by atoms with Crippen LogP contribution in [0, 0.1) is 11.6 Å². The van der Waals surface area contributed by atoms with E-state index in [1.807, 2.05) is 30.3 Å². The summed E-state index contributed by atoms with van der Waals surface area (Å²) in [6, 6.07) is 21.2. The molecule has 0 saturated heterocycles. The smallest absolute Gasteiger partial charge is 0.319 e. The van der Waals surface area contributed by atoms with Gasteiger partial charge in [0.25, 0.3) is 0 Å². The number of carbonyl (C=O) groups is 1. The molecule has 1 N–H and O–H groups in total. The lowest BCUT2D eigenvalue weighted by atomic mass is 10.0. The standard InChI is InChI=1S/C29H30F2N2OS/c1-2-3-4-5-11-18-33(29(34)32-25-17-16-22(30)19-24(25)31)20-27-28(21-12-7-6-8-13-21)23-14-9-10-15-26(23)35-27/h6-10,12-17,19H,2-5,11,18,20H2,1H3,(H,32,34). The van der Waals surface area contributed by atoms with Gasteiger partial charge in [0.2, 0.25) is 0 Å². The molecule has 0 atom stereocenters. The molecule has 0 spiro atoms. The summed E-state index contributed by atoms with van der Waals surface area (Å²) in [6.07, 6.45) is 5.33. The summed E-state index contributed by atoms with van der Waals surface area (Å²) < 4.78 is 28.8. The number of urea groups is 1. The molecule has 6 heteroatoms. The van der Waals surface area contributed by atoms with E-state index in [1.165, 1.54) is 12.5 Å². The number of carbonyl (C=O) groups excluding carboxylic acids is 1. The molecule has 4 aromatic rings. The zero-order chi connectivity index (χ0) is 24.6. The van der Waals surface area contributed by atoms with Crippen LogP contribution in [-0.2, 0) is 6.54 Å². The van der Waals surface area contributed by atoms with Gasteiger partial charge in [-0.15, -0.1) is 11.3 Å². The van der Waals surface area contributed by atoms with Gasteiger partial charge in [0.1, 0.15) is 11.6 Å². The van der Waals surface area contributed by atoms with Crippen molar-refractivity contribution in [1.82, 2.24) is 4.90 Å². The van der Waals surface area contributed by atoms with Crippen LogP contribution in [-0.4, -0.2) is 17.5 Å². The van der Waals surface area contributed by atoms with E-state index in [1.54, 1.807) is 16.2 Å². The second kappa shape index (κ2) is 11.9. The number of hydrogen-bond acceptors (Lipinski definition) is 2. The largest absolute Gasteiger partial charge is 0.322 e. The third-order valence-corrected chi connectivity index (χ3v) is 7.21. The average Bonchev–Trinajstić information content (AvgIpc) is 3.23. The number of nitrogens with one attached hydrogen (secondary N) is 1. The highest BCUT2D eigenvalue weighted by molar-refractivity contribution is 7.19. The van der Waals surface area contributed by atoms with Gasteiger partial charge in [-0.05, 0) is 30.2 Å². The van der Waals surface area contributed by atoms with Crippen LogP contribution in [0.15, 0.2) is 72.8 Å². The van der Waals surface area contributed by atoms with Gasteiger partial charge < -0.3 is 10.2 Å². The summed E-state index contributed by atoms with van der Waals surface area (Å²) in [5, 5.41) is 3.81. The lowest BCUT2D eigenvalue weighted by Gasteiger charge is -2.23. The number of anilines is 1. The van der Waals surface area contributed by atoms with Crippen molar-refractivity contribution in [3.8, 4) is 11.1 Å². The number of fused-ring (bicyclic) bond motifs is 1. The third-order valence-electron chi connectivity index (χ3n) is 6.06. The molecule has 182 valence electrons. The van der Waals surface area contributed by atoms with Crippen molar-refractivity contribution in [3.63, 3.8) is 0 Å². The lowest BCUT2D eigenvalue weighted by Crippen LogP contribution is -2.35. The van der Waals surface area contributed by atoms with E-state index < -0.39 is 11.6 Å². The van der Waals surface area contributed by atoms with E-state index in [2.05, 4.69) is 36.5 Å². The lowest BCUT2D eigenvalue weighted by molar-refractivity contribution is 0.208. The Bertz CT molecular complexity index is 1270. The Balaban J connectivity index is 1.63. The summed E-state index contributed by atoms with van der Waals surface area (Å²) >= 11 is 1.68. The van der Waals surface area contributed by atoms with Gasteiger partial charge >= 0.3 is 6.03 Å². The monoisotopic (exact) mass is 492 g/mol. The normalized spacial score (nSPS) is 11.1. The fourth-order valence-corrected chi connectivity index (χ4v) is 5.49. The zero-order valence-corrected chi connectivity index (χ0v) is 20.7. The molecule has 35 heavy (non-hydrogen) atoms. The molecule has 0 fully saturated rings. The Morgan fingerprint density at radius 3 is 2.43 bits per heavy atom. The number of halogens is 2. The fourth-order valence-electron chi connectivity index (χ4n) is 4.25. The minimum atomic E-state index is -0.784. The summed E-state index contributed by atoms with van der Waals surface area (Å²) in [4.78, 5) is 16.1. The topological polar surface area (TPSA) is 32.3 Å². The van der Waals surface area contributed by atoms with Crippen molar-refractivity contribution in [2.75, 3.05) is 11.9 Å². The van der Waals surface area contributed by atoms with Crippen molar-refractivity contribution < 1.29 is 13.6 Å². The van der Waals surface area contributed by atoms with Gasteiger partial charge in [-0.1, -0.05) is 81.1 Å². The Morgan fingerprint density at radius 1 is 0.914 bits per heavy atom. The van der Waals surface area contributed by atoms with Crippen molar-refractivity contribution in [2.24, 2.45) is 0 Å². The van der Waals surface area contributed by atoms with Gasteiger partial charge in [-0.25, -0.2) is 13.6 Å². The molecule has 2 amide bonds. The van der Waals surface area contributed by atoms with E-state index in [4.69, 9.17) is 0 Å². The second-order valence-corrected chi connectivity index (χ2v) is 9.79. The number of hydrogen-bond donors (Lipinski definition) is 1.